The van der Waals surface area contributed by atoms with E-state index in [0.717, 1.165) is 42.9 Å². The van der Waals surface area contributed by atoms with Crippen molar-refractivity contribution in [1.29, 1.82) is 0 Å². The quantitative estimate of drug-likeness (QED) is 0.905. The number of carbonyl (C=O) groups is 1. The molecule has 130 valence electrons. The number of aryl methyl sites for hydroxylation is 1. The number of rotatable bonds is 5. The summed E-state index contributed by atoms with van der Waals surface area (Å²) in [4.78, 5) is 14.7. The van der Waals surface area contributed by atoms with E-state index in [1.165, 1.54) is 0 Å². The van der Waals surface area contributed by atoms with Crippen LogP contribution in [0, 0.1) is 25.7 Å². The van der Waals surface area contributed by atoms with Gasteiger partial charge in [0.05, 0.1) is 24.8 Å². The topological polar surface area (TPSA) is 58.4 Å². The number of amides is 1. The van der Waals surface area contributed by atoms with E-state index in [-0.39, 0.29) is 18.6 Å². The van der Waals surface area contributed by atoms with Gasteiger partial charge in [-0.3, -0.25) is 9.48 Å². The fourth-order valence-corrected chi connectivity index (χ4v) is 3.60. The average Bonchev–Trinajstić information content (AvgIpc) is 2.73. The van der Waals surface area contributed by atoms with Crippen molar-refractivity contribution in [3.8, 4) is 0 Å². The van der Waals surface area contributed by atoms with Crippen molar-refractivity contribution in [2.24, 2.45) is 11.8 Å². The predicted molar refractivity (Wildman–Crippen MR) is 91.2 cm³/mol. The van der Waals surface area contributed by atoms with Gasteiger partial charge in [0.2, 0.25) is 5.91 Å². The van der Waals surface area contributed by atoms with E-state index in [1.807, 2.05) is 23.4 Å². The van der Waals surface area contributed by atoms with E-state index in [4.69, 9.17) is 0 Å². The number of aliphatic hydroxyl groups is 1. The molecule has 1 amide bonds. The van der Waals surface area contributed by atoms with Crippen molar-refractivity contribution in [3.05, 3.63) is 17.0 Å². The molecule has 0 bridgehead atoms. The normalized spacial score (nSPS) is 22.0. The maximum atomic E-state index is 12.8. The molecule has 0 saturated carbocycles. The minimum absolute atomic E-state index is 0.0393. The van der Waals surface area contributed by atoms with Gasteiger partial charge in [0.15, 0.2) is 0 Å². The molecule has 0 spiro atoms. The number of aromatic nitrogens is 2. The molecular formula is C18H31N3O2. The van der Waals surface area contributed by atoms with E-state index in [2.05, 4.69) is 25.9 Å². The first-order valence-electron chi connectivity index (χ1n) is 8.78. The van der Waals surface area contributed by atoms with E-state index in [0.29, 0.717) is 18.3 Å². The first kappa shape index (κ1) is 18.0. The van der Waals surface area contributed by atoms with Crippen LogP contribution in [0.1, 0.15) is 50.6 Å². The molecule has 23 heavy (non-hydrogen) atoms. The van der Waals surface area contributed by atoms with Gasteiger partial charge in [0, 0.05) is 24.3 Å². The van der Waals surface area contributed by atoms with Gasteiger partial charge in [-0.2, -0.15) is 5.10 Å². The summed E-state index contributed by atoms with van der Waals surface area (Å²) in [7, 11) is 0. The summed E-state index contributed by atoms with van der Waals surface area (Å²) in [5, 5.41) is 14.2. The zero-order valence-electron chi connectivity index (χ0n) is 15.2. The summed E-state index contributed by atoms with van der Waals surface area (Å²) in [6.07, 6.45) is 2.49. The van der Waals surface area contributed by atoms with Crippen LogP contribution in [0.3, 0.4) is 0 Å². The lowest BCUT2D eigenvalue weighted by Gasteiger charge is -2.39. The minimum atomic E-state index is -0.0393. The van der Waals surface area contributed by atoms with Crippen LogP contribution >= 0.6 is 0 Å². The van der Waals surface area contributed by atoms with Crippen LogP contribution in [0.15, 0.2) is 0 Å². The summed E-state index contributed by atoms with van der Waals surface area (Å²) in [5.74, 6) is 1.01. The van der Waals surface area contributed by atoms with Crippen molar-refractivity contribution in [1.82, 2.24) is 14.7 Å². The van der Waals surface area contributed by atoms with Crippen LogP contribution in [0.2, 0.25) is 0 Å². The maximum Gasteiger partial charge on any atom is 0.227 e. The lowest BCUT2D eigenvalue weighted by atomic mass is 9.90. The molecule has 2 unspecified atom stereocenters. The third kappa shape index (κ3) is 3.94. The van der Waals surface area contributed by atoms with Crippen LogP contribution < -0.4 is 0 Å². The first-order valence-corrected chi connectivity index (χ1v) is 8.78. The second-order valence-corrected chi connectivity index (χ2v) is 7.36. The standard InChI is InChI=1S/C18H31N3O2/c1-12(2)10-21-15(5)16(14(4)19-21)9-18(23)20-8-6-7-13(3)17(20)11-22/h12-13,17,22H,6-11H2,1-5H3. The Bertz CT molecular complexity index is 551. The predicted octanol–water partition coefficient (Wildman–Crippen LogP) is 2.32. The molecule has 2 rings (SSSR count). The summed E-state index contributed by atoms with van der Waals surface area (Å²) in [6.45, 7) is 12.2. The van der Waals surface area contributed by atoms with Crippen molar-refractivity contribution in [3.63, 3.8) is 0 Å². The molecule has 5 nitrogen and oxygen atoms in total. The average molecular weight is 321 g/mol. The lowest BCUT2D eigenvalue weighted by molar-refractivity contribution is -0.136. The zero-order valence-corrected chi connectivity index (χ0v) is 15.2. The summed E-state index contributed by atoms with van der Waals surface area (Å²) < 4.78 is 2.02. The highest BCUT2D eigenvalue weighted by Gasteiger charge is 2.31. The first-order chi connectivity index (χ1) is 10.8. The molecule has 1 aromatic heterocycles. The van der Waals surface area contributed by atoms with Crippen molar-refractivity contribution in [2.75, 3.05) is 13.2 Å². The largest absolute Gasteiger partial charge is 0.394 e. The Balaban J connectivity index is 2.15. The van der Waals surface area contributed by atoms with Gasteiger partial charge < -0.3 is 10.0 Å². The summed E-state index contributed by atoms with van der Waals surface area (Å²) in [5.41, 5.74) is 3.09. The molecule has 1 aliphatic rings. The highest BCUT2D eigenvalue weighted by molar-refractivity contribution is 5.79. The Morgan fingerprint density at radius 1 is 1.39 bits per heavy atom. The van der Waals surface area contributed by atoms with Gasteiger partial charge in [0.1, 0.15) is 0 Å². The van der Waals surface area contributed by atoms with Crippen molar-refractivity contribution < 1.29 is 9.90 Å². The molecule has 0 aromatic carbocycles. The fourth-order valence-electron chi connectivity index (χ4n) is 3.60. The fraction of sp³-hybridized carbons (Fsp3) is 0.778. The third-order valence-electron chi connectivity index (χ3n) is 5.02. The molecule has 0 aliphatic carbocycles. The number of hydrogen-bond acceptors (Lipinski definition) is 3. The number of carbonyl (C=O) groups excluding carboxylic acids is 1. The molecule has 1 aromatic rings. The maximum absolute atomic E-state index is 12.8. The molecule has 1 aliphatic heterocycles. The van der Waals surface area contributed by atoms with Crippen LogP contribution in [-0.2, 0) is 17.8 Å². The summed E-state index contributed by atoms with van der Waals surface area (Å²) in [6, 6.07) is -0.0393. The van der Waals surface area contributed by atoms with E-state index < -0.39 is 0 Å². The van der Waals surface area contributed by atoms with Crippen LogP contribution in [0.25, 0.3) is 0 Å². The Kier molecular flexibility index (Phi) is 5.84. The number of piperidine rings is 1. The van der Waals surface area contributed by atoms with Crippen molar-refractivity contribution in [2.45, 2.75) is 66.5 Å². The van der Waals surface area contributed by atoms with Gasteiger partial charge >= 0.3 is 0 Å². The van der Waals surface area contributed by atoms with Crippen LogP contribution in [0.4, 0.5) is 0 Å². The third-order valence-corrected chi connectivity index (χ3v) is 5.02. The molecule has 1 fully saturated rings. The second-order valence-electron chi connectivity index (χ2n) is 7.36. The number of likely N-dealkylation sites (tertiary alicyclic amines) is 1. The molecule has 2 atom stereocenters. The Morgan fingerprint density at radius 3 is 2.70 bits per heavy atom. The van der Waals surface area contributed by atoms with E-state index in [1.54, 1.807) is 0 Å². The highest BCUT2D eigenvalue weighted by atomic mass is 16.3. The van der Waals surface area contributed by atoms with E-state index >= 15 is 0 Å². The molecule has 1 N–H and O–H groups in total. The lowest BCUT2D eigenvalue weighted by Crippen LogP contribution is -2.50. The highest BCUT2D eigenvalue weighted by Crippen LogP contribution is 2.25. The molecule has 2 heterocycles. The SMILES string of the molecule is Cc1nn(CC(C)C)c(C)c1CC(=O)N1CCCC(C)C1CO. The second kappa shape index (κ2) is 7.47. The Morgan fingerprint density at radius 2 is 2.09 bits per heavy atom. The Labute approximate surface area is 139 Å². The molecule has 1 saturated heterocycles. The van der Waals surface area contributed by atoms with Gasteiger partial charge in [-0.1, -0.05) is 20.8 Å². The number of hydrogen-bond donors (Lipinski definition) is 1. The summed E-state index contributed by atoms with van der Waals surface area (Å²) >= 11 is 0. The molecule has 5 heteroatoms. The van der Waals surface area contributed by atoms with E-state index in [9.17, 15) is 9.90 Å². The molecular weight excluding hydrogens is 290 g/mol. The van der Waals surface area contributed by atoms with Gasteiger partial charge in [-0.25, -0.2) is 0 Å². The number of nitrogens with zero attached hydrogens (tertiary/aromatic N) is 3. The van der Waals surface area contributed by atoms with Gasteiger partial charge in [-0.05, 0) is 38.5 Å². The van der Waals surface area contributed by atoms with Gasteiger partial charge in [-0.15, -0.1) is 0 Å². The number of aliphatic hydroxyl groups excluding tert-OH is 1. The smallest absolute Gasteiger partial charge is 0.227 e. The van der Waals surface area contributed by atoms with Crippen LogP contribution in [0.5, 0.6) is 0 Å². The minimum Gasteiger partial charge on any atom is -0.394 e. The van der Waals surface area contributed by atoms with Crippen molar-refractivity contribution >= 4 is 5.91 Å². The van der Waals surface area contributed by atoms with Gasteiger partial charge in [0.25, 0.3) is 0 Å². The zero-order chi connectivity index (χ0) is 17.1. The Hall–Kier alpha value is -1.36. The monoisotopic (exact) mass is 321 g/mol. The van der Waals surface area contributed by atoms with Crippen LogP contribution in [-0.4, -0.2) is 44.9 Å². The molecule has 0 radical (unpaired) electrons.